The maximum absolute atomic E-state index is 12.2. The van der Waals surface area contributed by atoms with Crippen LogP contribution < -0.4 is 15.4 Å². The van der Waals surface area contributed by atoms with Crippen LogP contribution in [0.15, 0.2) is 48.5 Å². The molecule has 0 saturated carbocycles. The molecule has 1 unspecified atom stereocenters. The summed E-state index contributed by atoms with van der Waals surface area (Å²) in [5, 5.41) is 6.25. The van der Waals surface area contributed by atoms with E-state index in [1.807, 2.05) is 38.1 Å². The van der Waals surface area contributed by atoms with Gasteiger partial charge >= 0.3 is 0 Å². The Hall–Kier alpha value is -2.54. The molecule has 2 aromatic carbocycles. The van der Waals surface area contributed by atoms with Gasteiger partial charge in [-0.1, -0.05) is 19.1 Å². The highest BCUT2D eigenvalue weighted by Gasteiger charge is 2.28. The van der Waals surface area contributed by atoms with Gasteiger partial charge < -0.3 is 10.6 Å². The van der Waals surface area contributed by atoms with Crippen molar-refractivity contribution < 1.29 is 13.2 Å². The zero-order valence-electron chi connectivity index (χ0n) is 17.7. The molecule has 2 rings (SSSR count). The first kappa shape index (κ1) is 22.7. The van der Waals surface area contributed by atoms with Crippen molar-refractivity contribution in [1.29, 1.82) is 0 Å². The standard InChI is InChI=1S/C22H31N3O3S/c1-6-16(2)24-21(26)18-9-13-19(14-10-18)23-15-17-7-11-20(12-8-17)25-29(27,28)22(3,4)5/h7-14,16,23,25H,6,15H2,1-5H3,(H,24,26). The van der Waals surface area contributed by atoms with E-state index in [1.165, 1.54) is 0 Å². The largest absolute Gasteiger partial charge is 0.381 e. The van der Waals surface area contributed by atoms with Gasteiger partial charge in [-0.3, -0.25) is 9.52 Å². The van der Waals surface area contributed by atoms with Crippen LogP contribution in [0.5, 0.6) is 0 Å². The number of hydrogen-bond acceptors (Lipinski definition) is 4. The molecule has 0 heterocycles. The van der Waals surface area contributed by atoms with Crippen LogP contribution in [-0.2, 0) is 16.6 Å². The van der Waals surface area contributed by atoms with Crippen molar-refractivity contribution >= 4 is 27.3 Å². The average Bonchev–Trinajstić information content (AvgIpc) is 2.66. The third kappa shape index (κ3) is 6.49. The number of nitrogens with one attached hydrogen (secondary N) is 3. The van der Waals surface area contributed by atoms with Gasteiger partial charge in [0.25, 0.3) is 5.91 Å². The van der Waals surface area contributed by atoms with Gasteiger partial charge in [-0.2, -0.15) is 0 Å². The molecule has 0 spiro atoms. The van der Waals surface area contributed by atoms with Crippen molar-refractivity contribution in [2.75, 3.05) is 10.0 Å². The van der Waals surface area contributed by atoms with Crippen molar-refractivity contribution in [3.8, 4) is 0 Å². The summed E-state index contributed by atoms with van der Waals surface area (Å²) in [6.07, 6.45) is 0.891. The van der Waals surface area contributed by atoms with E-state index in [9.17, 15) is 13.2 Å². The van der Waals surface area contributed by atoms with Gasteiger partial charge in [-0.15, -0.1) is 0 Å². The summed E-state index contributed by atoms with van der Waals surface area (Å²) in [6.45, 7) is 9.58. The second-order valence-corrected chi connectivity index (χ2v) is 10.6. The molecular weight excluding hydrogens is 386 g/mol. The average molecular weight is 418 g/mol. The molecule has 1 amide bonds. The molecule has 29 heavy (non-hydrogen) atoms. The molecule has 0 saturated heterocycles. The number of amides is 1. The van der Waals surface area contributed by atoms with Gasteiger partial charge in [-0.05, 0) is 76.1 Å². The van der Waals surface area contributed by atoms with E-state index in [0.29, 0.717) is 17.8 Å². The lowest BCUT2D eigenvalue weighted by Gasteiger charge is -2.20. The number of carbonyl (C=O) groups is 1. The summed E-state index contributed by atoms with van der Waals surface area (Å²) in [5.41, 5.74) is 3.09. The molecule has 158 valence electrons. The van der Waals surface area contributed by atoms with E-state index in [1.54, 1.807) is 45.0 Å². The summed E-state index contributed by atoms with van der Waals surface area (Å²) in [6, 6.07) is 14.7. The molecular formula is C22H31N3O3S. The molecule has 2 aromatic rings. The van der Waals surface area contributed by atoms with Crippen LogP contribution in [0, 0.1) is 0 Å². The van der Waals surface area contributed by atoms with E-state index in [0.717, 1.165) is 17.7 Å². The SMILES string of the molecule is CCC(C)NC(=O)c1ccc(NCc2ccc(NS(=O)(=O)C(C)(C)C)cc2)cc1. The predicted octanol–water partition coefficient (Wildman–Crippen LogP) is 4.37. The minimum Gasteiger partial charge on any atom is -0.381 e. The lowest BCUT2D eigenvalue weighted by Crippen LogP contribution is -2.33. The van der Waals surface area contributed by atoms with Crippen LogP contribution in [0.2, 0.25) is 0 Å². The van der Waals surface area contributed by atoms with E-state index in [2.05, 4.69) is 15.4 Å². The number of hydrogen-bond donors (Lipinski definition) is 3. The second-order valence-electron chi connectivity index (χ2n) is 8.13. The highest BCUT2D eigenvalue weighted by Crippen LogP contribution is 2.20. The van der Waals surface area contributed by atoms with Crippen LogP contribution in [0.3, 0.4) is 0 Å². The minimum absolute atomic E-state index is 0.0702. The number of anilines is 2. The molecule has 0 radical (unpaired) electrons. The Morgan fingerprint density at radius 1 is 0.966 bits per heavy atom. The molecule has 0 aliphatic rings. The molecule has 6 nitrogen and oxygen atoms in total. The van der Waals surface area contributed by atoms with Crippen LogP contribution in [-0.4, -0.2) is 25.1 Å². The highest BCUT2D eigenvalue weighted by atomic mass is 32.2. The van der Waals surface area contributed by atoms with Crippen molar-refractivity contribution in [1.82, 2.24) is 5.32 Å². The van der Waals surface area contributed by atoms with E-state index < -0.39 is 14.8 Å². The van der Waals surface area contributed by atoms with Crippen molar-refractivity contribution in [2.45, 2.75) is 58.4 Å². The Balaban J connectivity index is 1.92. The van der Waals surface area contributed by atoms with Gasteiger partial charge in [0.15, 0.2) is 0 Å². The fourth-order valence-electron chi connectivity index (χ4n) is 2.35. The van der Waals surface area contributed by atoms with Crippen LogP contribution in [0.1, 0.15) is 57.0 Å². The summed E-state index contributed by atoms with van der Waals surface area (Å²) in [4.78, 5) is 12.1. The van der Waals surface area contributed by atoms with Crippen LogP contribution in [0.25, 0.3) is 0 Å². The molecule has 1 atom stereocenters. The van der Waals surface area contributed by atoms with Gasteiger partial charge in [0, 0.05) is 29.5 Å². The molecule has 0 aliphatic heterocycles. The molecule has 0 aliphatic carbocycles. The molecule has 0 aromatic heterocycles. The fraction of sp³-hybridized carbons (Fsp3) is 0.409. The minimum atomic E-state index is -3.44. The zero-order chi connectivity index (χ0) is 21.7. The lowest BCUT2D eigenvalue weighted by atomic mass is 10.1. The van der Waals surface area contributed by atoms with Crippen molar-refractivity contribution in [3.63, 3.8) is 0 Å². The topological polar surface area (TPSA) is 87.3 Å². The monoisotopic (exact) mass is 417 g/mol. The number of carbonyl (C=O) groups excluding carboxylic acids is 1. The number of benzene rings is 2. The third-order valence-corrected chi connectivity index (χ3v) is 6.76. The summed E-state index contributed by atoms with van der Waals surface area (Å²) < 4.78 is 26.2. The molecule has 7 heteroatoms. The summed E-state index contributed by atoms with van der Waals surface area (Å²) in [7, 11) is -3.44. The Morgan fingerprint density at radius 2 is 1.52 bits per heavy atom. The van der Waals surface area contributed by atoms with Crippen molar-refractivity contribution in [3.05, 3.63) is 59.7 Å². The lowest BCUT2D eigenvalue weighted by molar-refractivity contribution is 0.0939. The Labute approximate surface area is 174 Å². The smallest absolute Gasteiger partial charge is 0.251 e. The number of rotatable bonds is 8. The molecule has 0 bridgehead atoms. The third-order valence-electron chi connectivity index (χ3n) is 4.65. The van der Waals surface area contributed by atoms with E-state index >= 15 is 0 Å². The summed E-state index contributed by atoms with van der Waals surface area (Å²) >= 11 is 0. The van der Waals surface area contributed by atoms with E-state index in [-0.39, 0.29) is 11.9 Å². The normalized spacial score (nSPS) is 12.9. The Bertz CT molecular complexity index is 915. The first-order chi connectivity index (χ1) is 13.5. The second kappa shape index (κ2) is 9.31. The van der Waals surface area contributed by atoms with Crippen molar-refractivity contribution in [2.24, 2.45) is 0 Å². The van der Waals surface area contributed by atoms with Gasteiger partial charge in [0.05, 0.1) is 4.75 Å². The quantitative estimate of drug-likeness (QED) is 0.595. The Morgan fingerprint density at radius 3 is 2.03 bits per heavy atom. The molecule has 0 fully saturated rings. The maximum atomic E-state index is 12.2. The fourth-order valence-corrected chi connectivity index (χ4v) is 3.10. The molecule has 3 N–H and O–H groups in total. The maximum Gasteiger partial charge on any atom is 0.251 e. The Kier molecular flexibility index (Phi) is 7.30. The van der Waals surface area contributed by atoms with E-state index in [4.69, 9.17) is 0 Å². The highest BCUT2D eigenvalue weighted by molar-refractivity contribution is 7.94. The van der Waals surface area contributed by atoms with Gasteiger partial charge in [0.1, 0.15) is 0 Å². The van der Waals surface area contributed by atoms with Gasteiger partial charge in [0.2, 0.25) is 10.0 Å². The first-order valence-corrected chi connectivity index (χ1v) is 11.3. The van der Waals surface area contributed by atoms with Crippen LogP contribution in [0.4, 0.5) is 11.4 Å². The number of sulfonamides is 1. The zero-order valence-corrected chi connectivity index (χ0v) is 18.6. The van der Waals surface area contributed by atoms with Gasteiger partial charge in [-0.25, -0.2) is 8.42 Å². The van der Waals surface area contributed by atoms with Crippen LogP contribution >= 0.6 is 0 Å². The first-order valence-electron chi connectivity index (χ1n) is 9.78. The predicted molar refractivity (Wildman–Crippen MR) is 120 cm³/mol. The summed E-state index contributed by atoms with van der Waals surface area (Å²) in [5.74, 6) is -0.0702.